The van der Waals surface area contributed by atoms with Crippen LogP contribution in [0.2, 0.25) is 0 Å². The average Bonchev–Trinajstić information content (AvgIpc) is 2.85. The lowest BCUT2D eigenvalue weighted by Gasteiger charge is -2.08. The molecule has 1 heterocycles. The fraction of sp³-hybridized carbons (Fsp3) is 0.182. The van der Waals surface area contributed by atoms with Gasteiger partial charge in [0.25, 0.3) is 6.33 Å². The number of hydrogen-bond donors (Lipinski definition) is 0. The highest BCUT2D eigenvalue weighted by atomic mass is 32.2. The third-order valence-corrected chi connectivity index (χ3v) is 3.93. The summed E-state index contributed by atoms with van der Waals surface area (Å²) in [7, 11) is -8.16. The molecule has 0 aliphatic heterocycles. The first kappa shape index (κ1) is 19.9. The molecule has 0 radical (unpaired) electrons. The Balaban J connectivity index is 0.000000307. The molecule has 2 aromatic rings. The molecule has 0 amide bonds. The molecule has 0 atom stereocenters. The van der Waals surface area contributed by atoms with Gasteiger partial charge in [-0.15, -0.1) is 8.42 Å². The number of imidazole rings is 1. The molecule has 0 aliphatic rings. The van der Waals surface area contributed by atoms with Gasteiger partial charge in [0.05, 0.1) is 7.05 Å². The van der Waals surface area contributed by atoms with Crippen LogP contribution in [0, 0.1) is 0 Å². The molecule has 0 bridgehead atoms. The average molecular weight is 388 g/mol. The molecule has 0 spiro atoms. The minimum Gasteiger partial charge on any atom is -0.741 e. The van der Waals surface area contributed by atoms with Gasteiger partial charge in [-0.25, -0.2) is 13.0 Å². The van der Waals surface area contributed by atoms with Crippen molar-refractivity contribution in [1.82, 2.24) is 3.97 Å². The highest BCUT2D eigenvalue weighted by molar-refractivity contribution is 7.86. The van der Waals surface area contributed by atoms with E-state index in [1.54, 1.807) is 48.1 Å². The second-order valence-electron chi connectivity index (χ2n) is 4.16. The van der Waals surface area contributed by atoms with E-state index >= 15 is 0 Å². The van der Waals surface area contributed by atoms with Gasteiger partial charge in [-0.2, -0.15) is 13.2 Å². The zero-order valence-corrected chi connectivity index (χ0v) is 13.5. The van der Waals surface area contributed by atoms with E-state index in [1.807, 2.05) is 0 Å². The number of para-hydroxylation sites is 1. The van der Waals surface area contributed by atoms with Gasteiger partial charge < -0.3 is 8.74 Å². The van der Waals surface area contributed by atoms with Gasteiger partial charge in [0.15, 0.2) is 16.3 Å². The van der Waals surface area contributed by atoms with Crippen LogP contribution in [0.1, 0.15) is 0 Å². The summed E-state index contributed by atoms with van der Waals surface area (Å²) < 4.78 is 89.9. The van der Waals surface area contributed by atoms with Crippen LogP contribution in [-0.4, -0.2) is 30.9 Å². The first-order valence-electron chi connectivity index (χ1n) is 5.88. The van der Waals surface area contributed by atoms with Crippen molar-refractivity contribution in [3.05, 3.63) is 49.1 Å². The molecule has 24 heavy (non-hydrogen) atoms. The summed E-state index contributed by atoms with van der Waals surface area (Å²) in [5.41, 5.74) is -5.65. The molecule has 2 rings (SSSR count). The molecule has 1 aromatic carbocycles. The first-order valence-corrected chi connectivity index (χ1v) is 8.66. The monoisotopic (exact) mass is 388 g/mol. The number of alkyl halides is 3. The molecular formula is C11H11F3N2O6S2. The van der Waals surface area contributed by atoms with Crippen molar-refractivity contribution in [3.8, 4) is 5.75 Å². The Hall–Kier alpha value is -2.12. The summed E-state index contributed by atoms with van der Waals surface area (Å²) in [6, 6.07) is 8.37. The summed E-state index contributed by atoms with van der Waals surface area (Å²) >= 11 is 0. The Bertz CT molecular complexity index is 876. The zero-order valence-electron chi connectivity index (χ0n) is 11.9. The standard InChI is InChI=1S/C10H11N2O3S.CHF3O3S/c1-11-7-8-12(9-11)16(13,14)15-10-5-3-2-4-6-10;2-1(3,4)8(5,6)7/h2-9H,1H3;(H,5,6,7)/q+1;/p-1. The topological polar surface area (TPSA) is 109 Å². The van der Waals surface area contributed by atoms with Crippen LogP contribution < -0.4 is 8.75 Å². The molecule has 8 nitrogen and oxygen atoms in total. The Labute approximate surface area is 135 Å². The predicted octanol–water partition coefficient (Wildman–Crippen LogP) is 0.536. The number of hydrogen-bond acceptors (Lipinski definition) is 6. The van der Waals surface area contributed by atoms with Gasteiger partial charge in [0.1, 0.15) is 11.9 Å². The number of aryl methyl sites for hydroxylation is 1. The predicted molar refractivity (Wildman–Crippen MR) is 72.7 cm³/mol. The summed E-state index contributed by atoms with van der Waals surface area (Å²) in [6.45, 7) is 0. The van der Waals surface area contributed by atoms with Crippen LogP contribution >= 0.6 is 0 Å². The number of halogens is 3. The second-order valence-corrected chi connectivity index (χ2v) is 6.98. The third kappa shape index (κ3) is 5.82. The quantitative estimate of drug-likeness (QED) is 0.431. The molecule has 13 heteroatoms. The molecule has 1 aromatic heterocycles. The Morgan fingerprint density at radius 2 is 1.62 bits per heavy atom. The maximum Gasteiger partial charge on any atom is 0.491 e. The van der Waals surface area contributed by atoms with Crippen LogP contribution in [0.15, 0.2) is 49.1 Å². The van der Waals surface area contributed by atoms with Gasteiger partial charge in [-0.05, 0) is 12.1 Å². The number of nitrogens with zero attached hydrogens (tertiary/aromatic N) is 2. The minimum atomic E-state index is -6.09. The van der Waals surface area contributed by atoms with E-state index in [9.17, 15) is 21.6 Å². The Morgan fingerprint density at radius 3 is 2.00 bits per heavy atom. The van der Waals surface area contributed by atoms with Crippen LogP contribution in [0.25, 0.3) is 0 Å². The number of rotatable bonds is 3. The van der Waals surface area contributed by atoms with Crippen LogP contribution in [0.3, 0.4) is 0 Å². The lowest BCUT2D eigenvalue weighted by molar-refractivity contribution is -0.670. The van der Waals surface area contributed by atoms with Crippen molar-refractivity contribution in [2.75, 3.05) is 0 Å². The smallest absolute Gasteiger partial charge is 0.491 e. The summed E-state index contributed by atoms with van der Waals surface area (Å²) in [6.07, 6.45) is 4.45. The van der Waals surface area contributed by atoms with Gasteiger partial charge >= 0.3 is 15.8 Å². The molecule has 0 fully saturated rings. The van der Waals surface area contributed by atoms with Crippen LogP contribution in [0.4, 0.5) is 13.2 Å². The van der Waals surface area contributed by atoms with Gasteiger partial charge in [0, 0.05) is 0 Å². The van der Waals surface area contributed by atoms with Crippen molar-refractivity contribution in [2.45, 2.75) is 5.51 Å². The van der Waals surface area contributed by atoms with E-state index in [1.165, 1.54) is 12.5 Å². The van der Waals surface area contributed by atoms with Crippen molar-refractivity contribution in [2.24, 2.45) is 7.05 Å². The molecule has 0 unspecified atom stereocenters. The van der Waals surface area contributed by atoms with Crippen molar-refractivity contribution in [3.63, 3.8) is 0 Å². The van der Waals surface area contributed by atoms with Gasteiger partial charge in [-0.1, -0.05) is 22.2 Å². The van der Waals surface area contributed by atoms with E-state index in [4.69, 9.17) is 17.2 Å². The van der Waals surface area contributed by atoms with Gasteiger partial charge in [-0.3, -0.25) is 0 Å². The van der Waals surface area contributed by atoms with E-state index in [0.717, 1.165) is 3.97 Å². The van der Waals surface area contributed by atoms with E-state index in [2.05, 4.69) is 0 Å². The fourth-order valence-corrected chi connectivity index (χ4v) is 2.11. The largest absolute Gasteiger partial charge is 0.741 e. The first-order chi connectivity index (χ1) is 10.8. The van der Waals surface area contributed by atoms with Crippen molar-refractivity contribution in [1.29, 1.82) is 0 Å². The Morgan fingerprint density at radius 1 is 1.12 bits per heavy atom. The number of benzene rings is 1. The zero-order chi connectivity index (χ0) is 18.6. The normalized spacial score (nSPS) is 12.2. The van der Waals surface area contributed by atoms with Gasteiger partial charge in [0.2, 0.25) is 0 Å². The number of aromatic nitrogens is 2. The maximum absolute atomic E-state index is 11.7. The SMILES string of the molecule is C[n+]1ccn(S(=O)(=O)Oc2ccccc2)c1.O=S(=O)([O-])C(F)(F)F. The third-order valence-electron chi connectivity index (χ3n) is 2.23. The van der Waals surface area contributed by atoms with Crippen LogP contribution in [-0.2, 0) is 27.5 Å². The summed E-state index contributed by atoms with van der Waals surface area (Å²) in [4.78, 5) is 0. The van der Waals surface area contributed by atoms with Crippen molar-refractivity contribution < 1.29 is 43.3 Å². The lowest BCUT2D eigenvalue weighted by Crippen LogP contribution is -2.26. The highest BCUT2D eigenvalue weighted by Crippen LogP contribution is 2.20. The highest BCUT2D eigenvalue weighted by Gasteiger charge is 2.36. The molecule has 0 N–H and O–H groups in total. The maximum atomic E-state index is 11.7. The Kier molecular flexibility index (Phi) is 5.97. The summed E-state index contributed by atoms with van der Waals surface area (Å²) in [5, 5.41) is 0. The molecule has 0 aliphatic carbocycles. The molecule has 0 saturated carbocycles. The summed E-state index contributed by atoms with van der Waals surface area (Å²) in [5.74, 6) is 0.291. The second kappa shape index (κ2) is 7.19. The fourth-order valence-electron chi connectivity index (χ4n) is 1.20. The molecular weight excluding hydrogens is 377 g/mol. The van der Waals surface area contributed by atoms with E-state index in [-0.39, 0.29) is 0 Å². The van der Waals surface area contributed by atoms with E-state index < -0.39 is 25.9 Å². The van der Waals surface area contributed by atoms with Crippen molar-refractivity contribution >= 4 is 20.4 Å². The van der Waals surface area contributed by atoms with E-state index in [0.29, 0.717) is 5.75 Å². The molecule has 134 valence electrons. The lowest BCUT2D eigenvalue weighted by atomic mass is 10.3. The molecule has 0 saturated heterocycles. The van der Waals surface area contributed by atoms with Crippen LogP contribution in [0.5, 0.6) is 5.75 Å². The minimum absolute atomic E-state index is 0.291.